The van der Waals surface area contributed by atoms with Gasteiger partial charge in [0.1, 0.15) is 5.84 Å². The van der Waals surface area contributed by atoms with Crippen LogP contribution in [0.5, 0.6) is 0 Å². The summed E-state index contributed by atoms with van der Waals surface area (Å²) in [5.74, 6) is 1.15. The van der Waals surface area contributed by atoms with Crippen molar-refractivity contribution >= 4 is 23.1 Å². The molecule has 0 radical (unpaired) electrons. The van der Waals surface area contributed by atoms with Gasteiger partial charge in [0.05, 0.1) is 6.54 Å². The number of nitrogens with one attached hydrogen (secondary N) is 2. The first-order chi connectivity index (χ1) is 14.0. The fourth-order valence-electron chi connectivity index (χ4n) is 4.44. The summed E-state index contributed by atoms with van der Waals surface area (Å²) < 4.78 is 0. The Hall–Kier alpha value is -1.88. The highest BCUT2D eigenvalue weighted by Gasteiger charge is 2.41. The standard InChI is InChI=1S/C24H31ClN4/c1-29(2)13-8-18-6-7-20-16-24(9-11-26-12-10-24)23(28-22(20)15-18)27-17-19-4-3-5-21(25)14-19/h3-7,14-15,26H,8-13,16-17H2,1-2H3,(H,27,28). The van der Waals surface area contributed by atoms with Crippen LogP contribution in [0.15, 0.2) is 47.5 Å². The summed E-state index contributed by atoms with van der Waals surface area (Å²) in [6, 6.07) is 15.0. The molecule has 2 N–H and O–H groups in total. The molecular weight excluding hydrogens is 380 g/mol. The predicted octanol–water partition coefficient (Wildman–Crippen LogP) is 4.38. The summed E-state index contributed by atoms with van der Waals surface area (Å²) in [7, 11) is 4.25. The van der Waals surface area contributed by atoms with E-state index in [1.165, 1.54) is 16.8 Å². The molecule has 5 heteroatoms. The zero-order chi connectivity index (χ0) is 20.3. The largest absolute Gasteiger partial charge is 0.343 e. The van der Waals surface area contributed by atoms with Crippen LogP contribution in [0, 0.1) is 5.41 Å². The van der Waals surface area contributed by atoms with E-state index in [0.717, 1.165) is 61.7 Å². The van der Waals surface area contributed by atoms with Crippen LogP contribution in [0.2, 0.25) is 5.02 Å². The molecule has 1 spiro atoms. The molecular formula is C24H31ClN4. The predicted molar refractivity (Wildman–Crippen MR) is 123 cm³/mol. The van der Waals surface area contributed by atoms with Crippen molar-refractivity contribution < 1.29 is 0 Å². The van der Waals surface area contributed by atoms with E-state index in [-0.39, 0.29) is 5.41 Å². The van der Waals surface area contributed by atoms with Gasteiger partial charge in [-0.3, -0.25) is 4.99 Å². The molecule has 0 aromatic heterocycles. The van der Waals surface area contributed by atoms with Gasteiger partial charge in [0.2, 0.25) is 0 Å². The second-order valence-corrected chi connectivity index (χ2v) is 9.11. The number of likely N-dealkylation sites (N-methyl/N-ethyl adjacent to an activating group) is 1. The number of rotatable bonds is 5. The number of benzene rings is 2. The van der Waals surface area contributed by atoms with Crippen molar-refractivity contribution in [1.82, 2.24) is 10.2 Å². The summed E-state index contributed by atoms with van der Waals surface area (Å²) in [5.41, 5.74) is 5.29. The van der Waals surface area contributed by atoms with Gasteiger partial charge in [0.15, 0.2) is 0 Å². The van der Waals surface area contributed by atoms with Gasteiger partial charge in [-0.15, -0.1) is 0 Å². The summed E-state index contributed by atoms with van der Waals surface area (Å²) in [6.45, 7) is 3.82. The number of aliphatic imine (C=N–C) groups is 1. The van der Waals surface area contributed by atoms with E-state index < -0.39 is 0 Å². The molecule has 1 saturated heterocycles. The van der Waals surface area contributed by atoms with Gasteiger partial charge in [-0.2, -0.15) is 0 Å². The second kappa shape index (κ2) is 8.86. The smallest absolute Gasteiger partial charge is 0.108 e. The van der Waals surface area contributed by atoms with Crippen LogP contribution in [-0.2, 0) is 19.4 Å². The lowest BCUT2D eigenvalue weighted by Gasteiger charge is -2.43. The van der Waals surface area contributed by atoms with Gasteiger partial charge in [-0.05, 0) is 87.8 Å². The van der Waals surface area contributed by atoms with Crippen molar-refractivity contribution in [1.29, 1.82) is 0 Å². The summed E-state index contributed by atoms with van der Waals surface area (Å²) in [5, 5.41) is 8.03. The number of anilines is 1. The van der Waals surface area contributed by atoms with Gasteiger partial charge < -0.3 is 15.5 Å². The highest BCUT2D eigenvalue weighted by atomic mass is 35.5. The molecule has 29 heavy (non-hydrogen) atoms. The number of nitrogens with zero attached hydrogens (tertiary/aromatic N) is 2. The lowest BCUT2D eigenvalue weighted by molar-refractivity contribution is 0.293. The average molecular weight is 411 g/mol. The maximum absolute atomic E-state index is 6.17. The lowest BCUT2D eigenvalue weighted by atomic mass is 9.70. The highest BCUT2D eigenvalue weighted by Crippen LogP contribution is 2.41. The fraction of sp³-hybridized carbons (Fsp3) is 0.458. The van der Waals surface area contributed by atoms with Crippen molar-refractivity contribution in [2.75, 3.05) is 39.0 Å². The maximum Gasteiger partial charge on any atom is 0.108 e. The number of piperidine rings is 1. The lowest BCUT2D eigenvalue weighted by Crippen LogP contribution is -2.48. The molecule has 2 aromatic rings. The Kier molecular flexibility index (Phi) is 6.23. The van der Waals surface area contributed by atoms with Crippen molar-refractivity contribution in [2.45, 2.75) is 32.2 Å². The molecule has 2 aliphatic rings. The van der Waals surface area contributed by atoms with Crippen LogP contribution in [-0.4, -0.2) is 44.5 Å². The molecule has 154 valence electrons. The number of amidine groups is 1. The van der Waals surface area contributed by atoms with Crippen LogP contribution in [0.4, 0.5) is 5.69 Å². The Labute approximate surface area is 179 Å². The minimum absolute atomic E-state index is 0.113. The third-order valence-electron chi connectivity index (χ3n) is 6.18. The van der Waals surface area contributed by atoms with Crippen LogP contribution in [0.1, 0.15) is 29.5 Å². The summed E-state index contributed by atoms with van der Waals surface area (Å²) in [6.07, 6.45) is 4.37. The molecule has 0 saturated carbocycles. The van der Waals surface area contributed by atoms with Crippen LogP contribution >= 0.6 is 11.6 Å². The third-order valence-corrected chi connectivity index (χ3v) is 6.41. The van der Waals surface area contributed by atoms with E-state index in [2.05, 4.69) is 53.9 Å². The van der Waals surface area contributed by atoms with Crippen molar-refractivity contribution in [3.63, 3.8) is 0 Å². The number of hydrogen-bond acceptors (Lipinski definition) is 3. The van der Waals surface area contributed by atoms with Crippen molar-refractivity contribution in [3.05, 3.63) is 64.2 Å². The molecule has 4 nitrogen and oxygen atoms in total. The van der Waals surface area contributed by atoms with Crippen LogP contribution in [0.3, 0.4) is 0 Å². The van der Waals surface area contributed by atoms with Gasteiger partial charge in [0, 0.05) is 22.7 Å². The molecule has 0 aliphatic carbocycles. The molecule has 0 unspecified atom stereocenters. The van der Waals surface area contributed by atoms with Gasteiger partial charge in [-0.1, -0.05) is 35.9 Å². The van der Waals surface area contributed by atoms with E-state index in [1.807, 2.05) is 18.2 Å². The van der Waals surface area contributed by atoms with Crippen molar-refractivity contribution in [2.24, 2.45) is 10.4 Å². The zero-order valence-corrected chi connectivity index (χ0v) is 18.2. The monoisotopic (exact) mass is 410 g/mol. The van der Waals surface area contributed by atoms with E-state index in [0.29, 0.717) is 6.54 Å². The normalized spacial score (nSPS) is 19.4. The van der Waals surface area contributed by atoms with E-state index in [9.17, 15) is 0 Å². The zero-order valence-electron chi connectivity index (χ0n) is 17.5. The summed E-state index contributed by atoms with van der Waals surface area (Å²) in [4.78, 5) is 7.32. The molecule has 0 atom stereocenters. The second-order valence-electron chi connectivity index (χ2n) is 8.67. The molecule has 2 aliphatic heterocycles. The van der Waals surface area contributed by atoms with Gasteiger partial charge in [-0.25, -0.2) is 0 Å². The highest BCUT2D eigenvalue weighted by molar-refractivity contribution is 6.30. The van der Waals surface area contributed by atoms with Crippen LogP contribution < -0.4 is 10.6 Å². The number of hydrogen-bond donors (Lipinski definition) is 2. The number of fused-ring (bicyclic) bond motifs is 1. The topological polar surface area (TPSA) is 39.7 Å². The Morgan fingerprint density at radius 2 is 1.90 bits per heavy atom. The van der Waals surface area contributed by atoms with Gasteiger partial charge >= 0.3 is 0 Å². The molecule has 2 aromatic carbocycles. The average Bonchev–Trinajstić information content (AvgIpc) is 2.71. The SMILES string of the molecule is CN(C)CCc1ccc2c(c1)NC(=NCc1cccc(Cl)c1)C1(CCNCC1)C2. The molecule has 0 bridgehead atoms. The third kappa shape index (κ3) is 4.82. The van der Waals surface area contributed by atoms with E-state index in [1.54, 1.807) is 0 Å². The fourth-order valence-corrected chi connectivity index (χ4v) is 4.66. The Morgan fingerprint density at radius 1 is 1.07 bits per heavy atom. The van der Waals surface area contributed by atoms with E-state index >= 15 is 0 Å². The van der Waals surface area contributed by atoms with E-state index in [4.69, 9.17) is 16.6 Å². The van der Waals surface area contributed by atoms with Gasteiger partial charge in [0.25, 0.3) is 0 Å². The Morgan fingerprint density at radius 3 is 2.66 bits per heavy atom. The Bertz CT molecular complexity index is 884. The summed E-state index contributed by atoms with van der Waals surface area (Å²) >= 11 is 6.17. The molecule has 1 fully saturated rings. The minimum atomic E-state index is 0.113. The first-order valence-electron chi connectivity index (χ1n) is 10.6. The molecule has 2 heterocycles. The first-order valence-corrected chi connectivity index (χ1v) is 11.0. The minimum Gasteiger partial charge on any atom is -0.343 e. The number of halogens is 1. The van der Waals surface area contributed by atoms with Crippen LogP contribution in [0.25, 0.3) is 0 Å². The van der Waals surface area contributed by atoms with Crippen molar-refractivity contribution in [3.8, 4) is 0 Å². The first kappa shape index (κ1) is 20.4. The molecule has 4 rings (SSSR count). The quantitative estimate of drug-likeness (QED) is 0.768. The Balaban J connectivity index is 1.61. The molecule has 0 amide bonds. The maximum atomic E-state index is 6.17.